The summed E-state index contributed by atoms with van der Waals surface area (Å²) in [6, 6.07) is 3.68. The van der Waals surface area contributed by atoms with Crippen molar-refractivity contribution in [1.29, 1.82) is 0 Å². The summed E-state index contributed by atoms with van der Waals surface area (Å²) in [4.78, 5) is 28.9. The van der Waals surface area contributed by atoms with Gasteiger partial charge in [0.2, 0.25) is 0 Å². The van der Waals surface area contributed by atoms with Crippen LogP contribution in [0.3, 0.4) is 0 Å². The second-order valence-corrected chi connectivity index (χ2v) is 5.48. The maximum Gasteiger partial charge on any atom is 0.317 e. The highest BCUT2D eigenvalue weighted by molar-refractivity contribution is 5.74. The summed E-state index contributed by atoms with van der Waals surface area (Å²) in [6.45, 7) is 3.55. The van der Waals surface area contributed by atoms with Crippen molar-refractivity contribution in [3.05, 3.63) is 29.6 Å². The molecular formula is C15H21N3O3. The van der Waals surface area contributed by atoms with Crippen LogP contribution < -0.4 is 5.32 Å². The first-order valence-corrected chi connectivity index (χ1v) is 7.21. The number of carboxylic acids is 1. The number of hydrogen-bond acceptors (Lipinski definition) is 3. The maximum absolute atomic E-state index is 12.2. The fraction of sp³-hybridized carbons (Fsp3) is 0.533. The lowest BCUT2D eigenvalue weighted by atomic mass is 9.95. The third-order valence-electron chi connectivity index (χ3n) is 3.79. The molecule has 1 fully saturated rings. The van der Waals surface area contributed by atoms with Gasteiger partial charge in [0.25, 0.3) is 0 Å². The highest BCUT2D eigenvalue weighted by Crippen LogP contribution is 2.19. The molecule has 0 bridgehead atoms. The molecule has 1 atom stereocenters. The predicted molar refractivity (Wildman–Crippen MR) is 77.8 cm³/mol. The Morgan fingerprint density at radius 1 is 1.52 bits per heavy atom. The van der Waals surface area contributed by atoms with Crippen molar-refractivity contribution < 1.29 is 14.7 Å². The van der Waals surface area contributed by atoms with E-state index in [-0.39, 0.29) is 18.4 Å². The fourth-order valence-corrected chi connectivity index (χ4v) is 2.64. The van der Waals surface area contributed by atoms with Crippen molar-refractivity contribution in [2.45, 2.75) is 32.7 Å². The zero-order chi connectivity index (χ0) is 15.2. The third kappa shape index (κ3) is 4.44. The smallest absolute Gasteiger partial charge is 0.317 e. The van der Waals surface area contributed by atoms with Gasteiger partial charge in [0, 0.05) is 25.7 Å². The maximum atomic E-state index is 12.2. The summed E-state index contributed by atoms with van der Waals surface area (Å²) >= 11 is 0. The number of urea groups is 1. The molecule has 1 aliphatic heterocycles. The highest BCUT2D eigenvalue weighted by Gasteiger charge is 2.25. The molecule has 6 heteroatoms. The first-order valence-electron chi connectivity index (χ1n) is 7.21. The Morgan fingerprint density at radius 2 is 2.33 bits per heavy atom. The van der Waals surface area contributed by atoms with Gasteiger partial charge in [-0.2, -0.15) is 0 Å². The number of rotatable bonds is 4. The first kappa shape index (κ1) is 15.3. The molecule has 114 valence electrons. The van der Waals surface area contributed by atoms with E-state index >= 15 is 0 Å². The van der Waals surface area contributed by atoms with E-state index in [2.05, 4.69) is 10.3 Å². The Hall–Kier alpha value is -2.11. The molecule has 1 saturated heterocycles. The summed E-state index contributed by atoms with van der Waals surface area (Å²) in [5, 5.41) is 11.7. The summed E-state index contributed by atoms with van der Waals surface area (Å²) in [5.41, 5.74) is 1.89. The van der Waals surface area contributed by atoms with Crippen molar-refractivity contribution in [2.75, 3.05) is 13.1 Å². The van der Waals surface area contributed by atoms with E-state index in [9.17, 15) is 9.59 Å². The molecule has 2 heterocycles. The molecule has 6 nitrogen and oxygen atoms in total. The number of carbonyl (C=O) groups is 2. The number of likely N-dealkylation sites (tertiary alicyclic amines) is 1. The van der Waals surface area contributed by atoms with Crippen LogP contribution in [-0.4, -0.2) is 40.1 Å². The van der Waals surface area contributed by atoms with E-state index in [1.807, 2.05) is 19.1 Å². The van der Waals surface area contributed by atoms with Crippen molar-refractivity contribution in [2.24, 2.45) is 5.92 Å². The Bertz CT molecular complexity index is 519. The van der Waals surface area contributed by atoms with Crippen molar-refractivity contribution in [1.82, 2.24) is 15.2 Å². The number of piperidine rings is 1. The number of amides is 2. The molecular weight excluding hydrogens is 270 g/mol. The molecule has 2 N–H and O–H groups in total. The average molecular weight is 291 g/mol. The zero-order valence-electron chi connectivity index (χ0n) is 12.2. The summed E-state index contributed by atoms with van der Waals surface area (Å²) in [5.74, 6) is -0.745. The van der Waals surface area contributed by atoms with E-state index in [0.29, 0.717) is 19.6 Å². The van der Waals surface area contributed by atoms with Crippen LogP contribution in [0.15, 0.2) is 18.3 Å². The second-order valence-electron chi connectivity index (χ2n) is 5.48. The minimum Gasteiger partial charge on any atom is -0.481 e. The lowest BCUT2D eigenvalue weighted by Crippen LogP contribution is -2.45. The molecule has 2 rings (SSSR count). The molecule has 1 aliphatic rings. The van der Waals surface area contributed by atoms with Gasteiger partial charge in [0.15, 0.2) is 0 Å². The number of nitrogens with one attached hydrogen (secondary N) is 1. The molecule has 0 aliphatic carbocycles. The topological polar surface area (TPSA) is 82.5 Å². The molecule has 21 heavy (non-hydrogen) atoms. The lowest BCUT2D eigenvalue weighted by molar-refractivity contribution is -0.138. The predicted octanol–water partition coefficient (Wildman–Crippen LogP) is 1.79. The minimum absolute atomic E-state index is 0.0542. The van der Waals surface area contributed by atoms with Gasteiger partial charge in [-0.25, -0.2) is 4.79 Å². The normalized spacial score (nSPS) is 18.3. The van der Waals surface area contributed by atoms with Crippen molar-refractivity contribution in [3.8, 4) is 0 Å². The van der Waals surface area contributed by atoms with Gasteiger partial charge in [-0.3, -0.25) is 9.78 Å². The monoisotopic (exact) mass is 291 g/mol. The number of carboxylic acid groups (broad SMARTS) is 1. The fourth-order valence-electron chi connectivity index (χ4n) is 2.64. The van der Waals surface area contributed by atoms with E-state index in [4.69, 9.17) is 5.11 Å². The number of aliphatic carboxylic acids is 1. The van der Waals surface area contributed by atoms with Crippen LogP contribution in [-0.2, 0) is 11.3 Å². The zero-order valence-corrected chi connectivity index (χ0v) is 12.2. The number of hydrogen-bond donors (Lipinski definition) is 2. The van der Waals surface area contributed by atoms with Crippen LogP contribution in [0.4, 0.5) is 4.79 Å². The number of pyridine rings is 1. The van der Waals surface area contributed by atoms with E-state index in [0.717, 1.165) is 24.1 Å². The van der Waals surface area contributed by atoms with Crippen LogP contribution in [0.2, 0.25) is 0 Å². The Morgan fingerprint density at radius 3 is 3.05 bits per heavy atom. The summed E-state index contributed by atoms with van der Waals surface area (Å²) in [7, 11) is 0. The standard InChI is InChI=1S/C15H21N3O3/c1-11-4-2-6-16-13(11)9-17-15(21)18-7-3-5-12(10-18)8-14(19)20/h2,4,6,12H,3,5,7-10H2,1H3,(H,17,21)(H,19,20). The van der Waals surface area contributed by atoms with Gasteiger partial charge in [0.1, 0.15) is 0 Å². The first-order chi connectivity index (χ1) is 10.1. The molecule has 0 radical (unpaired) electrons. The Kier molecular flexibility index (Phi) is 5.14. The molecule has 2 amide bonds. The quantitative estimate of drug-likeness (QED) is 0.886. The largest absolute Gasteiger partial charge is 0.481 e. The lowest BCUT2D eigenvalue weighted by Gasteiger charge is -2.32. The van der Waals surface area contributed by atoms with Gasteiger partial charge in [-0.1, -0.05) is 6.07 Å². The number of aromatic nitrogens is 1. The number of aryl methyl sites for hydroxylation is 1. The molecule has 1 aromatic heterocycles. The minimum atomic E-state index is -0.800. The van der Waals surface area contributed by atoms with E-state index < -0.39 is 5.97 Å². The van der Waals surface area contributed by atoms with Crippen LogP contribution in [0.5, 0.6) is 0 Å². The van der Waals surface area contributed by atoms with Gasteiger partial charge >= 0.3 is 12.0 Å². The molecule has 1 aromatic rings. The van der Waals surface area contributed by atoms with Crippen molar-refractivity contribution >= 4 is 12.0 Å². The summed E-state index contributed by atoms with van der Waals surface area (Å²) < 4.78 is 0. The van der Waals surface area contributed by atoms with Crippen LogP contribution in [0.25, 0.3) is 0 Å². The molecule has 0 saturated carbocycles. The number of nitrogens with zero attached hydrogens (tertiary/aromatic N) is 2. The van der Waals surface area contributed by atoms with Crippen LogP contribution >= 0.6 is 0 Å². The van der Waals surface area contributed by atoms with Gasteiger partial charge in [-0.05, 0) is 37.3 Å². The van der Waals surface area contributed by atoms with Crippen LogP contribution in [0, 0.1) is 12.8 Å². The second kappa shape index (κ2) is 7.06. The SMILES string of the molecule is Cc1cccnc1CNC(=O)N1CCCC(CC(=O)O)C1. The van der Waals surface area contributed by atoms with E-state index in [1.54, 1.807) is 11.1 Å². The van der Waals surface area contributed by atoms with Gasteiger partial charge < -0.3 is 15.3 Å². The van der Waals surface area contributed by atoms with E-state index in [1.165, 1.54) is 0 Å². The van der Waals surface area contributed by atoms with Gasteiger partial charge in [0.05, 0.1) is 12.2 Å². The van der Waals surface area contributed by atoms with Crippen LogP contribution in [0.1, 0.15) is 30.5 Å². The van der Waals surface area contributed by atoms with Crippen molar-refractivity contribution in [3.63, 3.8) is 0 Å². The third-order valence-corrected chi connectivity index (χ3v) is 3.79. The average Bonchev–Trinajstić information content (AvgIpc) is 2.45. The molecule has 0 spiro atoms. The Balaban J connectivity index is 1.85. The number of carbonyl (C=O) groups excluding carboxylic acids is 1. The molecule has 0 aromatic carbocycles. The van der Waals surface area contributed by atoms with Gasteiger partial charge in [-0.15, -0.1) is 0 Å². The summed E-state index contributed by atoms with van der Waals surface area (Å²) in [6.07, 6.45) is 3.56. The molecule has 1 unspecified atom stereocenters. The Labute approximate surface area is 124 Å². The highest BCUT2D eigenvalue weighted by atomic mass is 16.4.